The molecule has 0 bridgehead atoms. The molecule has 0 unspecified atom stereocenters. The van der Waals surface area contributed by atoms with E-state index < -0.39 is 23.4 Å². The molecular weight excluding hydrogens is 539 g/mol. The van der Waals surface area contributed by atoms with Crippen molar-refractivity contribution in [1.82, 2.24) is 25.4 Å². The third kappa shape index (κ3) is 7.03. The van der Waals surface area contributed by atoms with Gasteiger partial charge in [0.1, 0.15) is 11.5 Å². The number of likely N-dealkylation sites (N-methyl/N-ethyl adjacent to an activating group) is 1. The Morgan fingerprint density at radius 2 is 1.75 bits per heavy atom. The fraction of sp³-hybridized carbons (Fsp3) is 0.273. The normalized spacial score (nSPS) is 13.4. The maximum Gasteiger partial charge on any atom is 0.269 e. The number of hydrogen-bond acceptors (Lipinski definition) is 6. The molecular formula is C22H24Cl3F2N7O2. The molecule has 3 aromatic rings. The predicted octanol–water partition coefficient (Wildman–Crippen LogP) is 3.51. The summed E-state index contributed by atoms with van der Waals surface area (Å²) >= 11 is 5.81. The van der Waals surface area contributed by atoms with Crippen molar-refractivity contribution in [3.63, 3.8) is 0 Å². The molecule has 1 aliphatic rings. The van der Waals surface area contributed by atoms with E-state index in [0.29, 0.717) is 12.1 Å². The summed E-state index contributed by atoms with van der Waals surface area (Å²) < 4.78 is 26.6. The van der Waals surface area contributed by atoms with Crippen LogP contribution >= 0.6 is 36.4 Å². The second kappa shape index (κ2) is 12.8. The fourth-order valence-corrected chi connectivity index (χ4v) is 3.64. The molecule has 0 saturated carbocycles. The van der Waals surface area contributed by atoms with Crippen LogP contribution in [-0.4, -0.2) is 65.1 Å². The van der Waals surface area contributed by atoms with E-state index in [1.54, 1.807) is 6.20 Å². The molecule has 1 aromatic carbocycles. The van der Waals surface area contributed by atoms with Crippen LogP contribution in [0, 0.1) is 11.6 Å². The number of benzene rings is 1. The van der Waals surface area contributed by atoms with E-state index >= 15 is 0 Å². The predicted molar refractivity (Wildman–Crippen MR) is 138 cm³/mol. The van der Waals surface area contributed by atoms with Crippen LogP contribution in [0.25, 0.3) is 0 Å². The molecule has 2 amide bonds. The first-order valence-corrected chi connectivity index (χ1v) is 10.9. The van der Waals surface area contributed by atoms with Gasteiger partial charge in [-0.3, -0.25) is 14.7 Å². The van der Waals surface area contributed by atoms with Gasteiger partial charge in [0.2, 0.25) is 0 Å². The number of pyridine rings is 1. The first kappa shape index (κ1) is 29.2. The number of hydrogen-bond donors (Lipinski definition) is 3. The molecule has 9 nitrogen and oxygen atoms in total. The van der Waals surface area contributed by atoms with Gasteiger partial charge in [0.25, 0.3) is 11.8 Å². The Kier molecular flexibility index (Phi) is 10.4. The molecule has 194 valence electrons. The van der Waals surface area contributed by atoms with Crippen molar-refractivity contribution in [2.45, 2.75) is 6.54 Å². The van der Waals surface area contributed by atoms with Crippen molar-refractivity contribution in [3.8, 4) is 0 Å². The average molecular weight is 563 g/mol. The minimum Gasteiger partial charge on any atom is -0.354 e. The van der Waals surface area contributed by atoms with Gasteiger partial charge in [0.05, 0.1) is 10.6 Å². The van der Waals surface area contributed by atoms with Crippen LogP contribution < -0.4 is 15.5 Å². The number of nitrogens with one attached hydrogen (secondary N) is 3. The highest BCUT2D eigenvalue weighted by Gasteiger charge is 2.18. The van der Waals surface area contributed by atoms with Crippen LogP contribution in [0.1, 0.15) is 26.4 Å². The Balaban J connectivity index is 0.00000228. The zero-order valence-electron chi connectivity index (χ0n) is 19.1. The SMILES string of the molecule is CN1CCN(c2ccc(CNC(=O)c3cc(NC(=O)c4cc(F)c(F)cc4Cl)n[nH]3)cn2)CC1.Cl.Cl. The number of aromatic amines is 1. The van der Waals surface area contributed by atoms with Gasteiger partial charge in [0, 0.05) is 45.0 Å². The number of H-pyrrole nitrogens is 1. The quantitative estimate of drug-likeness (QED) is 0.397. The molecule has 0 aliphatic carbocycles. The largest absolute Gasteiger partial charge is 0.354 e. The Labute approximate surface area is 223 Å². The second-order valence-corrected chi connectivity index (χ2v) is 8.27. The lowest BCUT2D eigenvalue weighted by molar-refractivity contribution is 0.0945. The molecule has 0 spiro atoms. The van der Waals surface area contributed by atoms with E-state index in [-0.39, 0.29) is 53.5 Å². The minimum atomic E-state index is -1.21. The van der Waals surface area contributed by atoms with E-state index in [2.05, 4.69) is 42.7 Å². The second-order valence-electron chi connectivity index (χ2n) is 7.86. The lowest BCUT2D eigenvalue weighted by atomic mass is 10.2. The molecule has 3 heterocycles. The average Bonchev–Trinajstić information content (AvgIpc) is 3.29. The topological polar surface area (TPSA) is 106 Å². The van der Waals surface area contributed by atoms with Crippen LogP contribution in [0.5, 0.6) is 0 Å². The van der Waals surface area contributed by atoms with Gasteiger partial charge in [-0.25, -0.2) is 13.8 Å². The van der Waals surface area contributed by atoms with E-state index in [4.69, 9.17) is 11.6 Å². The van der Waals surface area contributed by atoms with Crippen LogP contribution in [0.15, 0.2) is 36.5 Å². The molecule has 36 heavy (non-hydrogen) atoms. The van der Waals surface area contributed by atoms with Crippen molar-refractivity contribution in [2.75, 3.05) is 43.4 Å². The van der Waals surface area contributed by atoms with Gasteiger partial charge in [-0.2, -0.15) is 5.10 Å². The van der Waals surface area contributed by atoms with E-state index in [1.165, 1.54) is 6.07 Å². The number of nitrogens with zero attached hydrogens (tertiary/aromatic N) is 4. The number of carbonyl (C=O) groups is 2. The Hall–Kier alpha value is -2.99. The van der Waals surface area contributed by atoms with Gasteiger partial charge >= 0.3 is 0 Å². The van der Waals surface area contributed by atoms with Crippen molar-refractivity contribution in [1.29, 1.82) is 0 Å². The third-order valence-corrected chi connectivity index (χ3v) is 5.72. The monoisotopic (exact) mass is 561 g/mol. The van der Waals surface area contributed by atoms with Crippen LogP contribution in [-0.2, 0) is 6.54 Å². The number of aromatic nitrogens is 3. The molecule has 1 saturated heterocycles. The summed E-state index contributed by atoms with van der Waals surface area (Å²) in [5.41, 5.74) is 0.669. The maximum absolute atomic E-state index is 13.4. The third-order valence-electron chi connectivity index (χ3n) is 5.41. The highest BCUT2D eigenvalue weighted by molar-refractivity contribution is 6.34. The number of anilines is 2. The van der Waals surface area contributed by atoms with Gasteiger partial charge < -0.3 is 20.4 Å². The molecule has 4 rings (SSSR count). The zero-order valence-corrected chi connectivity index (χ0v) is 21.4. The van der Waals surface area contributed by atoms with Crippen molar-refractivity contribution >= 4 is 59.9 Å². The molecule has 1 aliphatic heterocycles. The molecule has 1 fully saturated rings. The smallest absolute Gasteiger partial charge is 0.269 e. The first-order chi connectivity index (χ1) is 16.3. The lowest BCUT2D eigenvalue weighted by Gasteiger charge is -2.33. The molecule has 3 N–H and O–H groups in total. The van der Waals surface area contributed by atoms with Crippen LogP contribution in [0.2, 0.25) is 5.02 Å². The fourth-order valence-electron chi connectivity index (χ4n) is 3.40. The number of amides is 2. The summed E-state index contributed by atoms with van der Waals surface area (Å²) in [7, 11) is 2.09. The summed E-state index contributed by atoms with van der Waals surface area (Å²) in [5, 5.41) is 11.2. The number of rotatable bonds is 6. The van der Waals surface area contributed by atoms with Crippen molar-refractivity contribution < 1.29 is 18.4 Å². The standard InChI is InChI=1S/C22H22ClF2N7O2.2ClH/c1-31-4-6-32(7-5-31)20-3-2-13(11-26-20)12-27-22(34)18-10-19(30-29-18)28-21(33)14-8-16(24)17(25)9-15(14)23;;/h2-3,8-11H,4-7,12H2,1H3,(H,27,34)(H2,28,29,30,33);2*1H. The first-order valence-electron chi connectivity index (χ1n) is 10.5. The number of piperazine rings is 1. The van der Waals surface area contributed by atoms with Crippen molar-refractivity contribution in [3.05, 3.63) is 70.0 Å². The highest BCUT2D eigenvalue weighted by Crippen LogP contribution is 2.21. The molecule has 0 atom stereocenters. The molecule has 0 radical (unpaired) electrons. The minimum absolute atomic E-state index is 0. The van der Waals surface area contributed by atoms with E-state index in [9.17, 15) is 18.4 Å². The summed E-state index contributed by atoms with van der Waals surface area (Å²) in [6.45, 7) is 4.06. The van der Waals surface area contributed by atoms with Gasteiger partial charge in [0.15, 0.2) is 17.5 Å². The van der Waals surface area contributed by atoms with Gasteiger partial charge in [-0.1, -0.05) is 17.7 Å². The molecule has 2 aromatic heterocycles. The Bertz CT molecular complexity index is 1200. The lowest BCUT2D eigenvalue weighted by Crippen LogP contribution is -2.44. The van der Waals surface area contributed by atoms with Crippen LogP contribution in [0.3, 0.4) is 0 Å². The Morgan fingerprint density at radius 1 is 1.06 bits per heavy atom. The van der Waals surface area contributed by atoms with Gasteiger partial charge in [-0.15, -0.1) is 24.8 Å². The molecule has 14 heteroatoms. The Morgan fingerprint density at radius 3 is 2.42 bits per heavy atom. The summed E-state index contributed by atoms with van der Waals surface area (Å²) in [5.74, 6) is -2.68. The zero-order chi connectivity index (χ0) is 24.2. The van der Waals surface area contributed by atoms with Gasteiger partial charge in [-0.05, 0) is 30.8 Å². The summed E-state index contributed by atoms with van der Waals surface area (Å²) in [6, 6.07) is 6.55. The summed E-state index contributed by atoms with van der Waals surface area (Å²) in [4.78, 5) is 33.7. The number of halogens is 5. The number of carbonyl (C=O) groups excluding carboxylic acids is 2. The van der Waals surface area contributed by atoms with E-state index in [0.717, 1.165) is 37.6 Å². The highest BCUT2D eigenvalue weighted by atomic mass is 35.5. The van der Waals surface area contributed by atoms with Crippen molar-refractivity contribution in [2.24, 2.45) is 0 Å². The summed E-state index contributed by atoms with van der Waals surface area (Å²) in [6.07, 6.45) is 1.72. The van der Waals surface area contributed by atoms with Crippen LogP contribution in [0.4, 0.5) is 20.4 Å². The van der Waals surface area contributed by atoms with E-state index in [1.807, 2.05) is 12.1 Å². The maximum atomic E-state index is 13.4.